The second-order valence-electron chi connectivity index (χ2n) is 6.07. The standard InChI is InChI=1S/C20H20N2O2/c1-13-5-3-7-15(17(13)19-21-9-11-23-19)16-8-4-6-14(2)18(16)20-22-10-12-24-20/h3-8H,9-12H2,1-2H3. The van der Waals surface area contributed by atoms with Crippen molar-refractivity contribution in [3.8, 4) is 11.1 Å². The van der Waals surface area contributed by atoms with E-state index < -0.39 is 0 Å². The molecule has 0 radical (unpaired) electrons. The Balaban J connectivity index is 1.95. The summed E-state index contributed by atoms with van der Waals surface area (Å²) in [6, 6.07) is 12.6. The Kier molecular flexibility index (Phi) is 3.81. The molecule has 122 valence electrons. The van der Waals surface area contributed by atoms with Crippen LogP contribution in [0.3, 0.4) is 0 Å². The maximum Gasteiger partial charge on any atom is 0.217 e. The summed E-state index contributed by atoms with van der Waals surface area (Å²) in [6.45, 7) is 6.95. The summed E-state index contributed by atoms with van der Waals surface area (Å²) in [5.74, 6) is 1.48. The van der Waals surface area contributed by atoms with Crippen LogP contribution in [0.15, 0.2) is 46.4 Å². The first-order chi connectivity index (χ1) is 11.8. The average Bonchev–Trinajstić information content (AvgIpc) is 3.28. The Hall–Kier alpha value is -2.62. The lowest BCUT2D eigenvalue weighted by Gasteiger charge is -2.17. The van der Waals surface area contributed by atoms with Crippen LogP contribution in [0, 0.1) is 13.8 Å². The summed E-state index contributed by atoms with van der Waals surface area (Å²) in [5, 5.41) is 0. The number of ether oxygens (including phenoxy) is 2. The molecule has 0 unspecified atom stereocenters. The third-order valence-electron chi connectivity index (χ3n) is 4.43. The molecule has 2 heterocycles. The minimum atomic E-state index is 0.652. The molecule has 0 saturated carbocycles. The molecule has 4 nitrogen and oxygen atoms in total. The highest BCUT2D eigenvalue weighted by molar-refractivity contribution is 6.08. The molecule has 0 saturated heterocycles. The quantitative estimate of drug-likeness (QED) is 0.868. The first-order valence-electron chi connectivity index (χ1n) is 8.30. The molecule has 0 fully saturated rings. The normalized spacial score (nSPS) is 16.4. The molecule has 0 amide bonds. The fraction of sp³-hybridized carbons (Fsp3) is 0.300. The predicted molar refractivity (Wildman–Crippen MR) is 96.1 cm³/mol. The van der Waals surface area contributed by atoms with Gasteiger partial charge in [-0.1, -0.05) is 36.4 Å². The Labute approximate surface area is 141 Å². The van der Waals surface area contributed by atoms with Crippen LogP contribution in [-0.4, -0.2) is 38.1 Å². The number of nitrogens with zero attached hydrogens (tertiary/aromatic N) is 2. The van der Waals surface area contributed by atoms with Gasteiger partial charge in [0.2, 0.25) is 11.8 Å². The minimum absolute atomic E-state index is 0.652. The molecule has 0 atom stereocenters. The molecule has 2 aliphatic rings. The second kappa shape index (κ2) is 6.11. The lowest BCUT2D eigenvalue weighted by molar-refractivity contribution is 0.348. The van der Waals surface area contributed by atoms with Crippen LogP contribution < -0.4 is 0 Å². The van der Waals surface area contributed by atoms with Gasteiger partial charge in [0.15, 0.2) is 0 Å². The van der Waals surface area contributed by atoms with E-state index in [1.807, 2.05) is 0 Å². The van der Waals surface area contributed by atoms with Crippen LogP contribution in [0.4, 0.5) is 0 Å². The maximum absolute atomic E-state index is 5.77. The summed E-state index contributed by atoms with van der Waals surface area (Å²) in [6.07, 6.45) is 0. The van der Waals surface area contributed by atoms with Crippen LogP contribution in [0.1, 0.15) is 22.3 Å². The highest BCUT2D eigenvalue weighted by Gasteiger charge is 2.23. The summed E-state index contributed by atoms with van der Waals surface area (Å²) in [7, 11) is 0. The molecule has 2 aromatic rings. The monoisotopic (exact) mass is 320 g/mol. The lowest BCUT2D eigenvalue weighted by Crippen LogP contribution is -2.10. The molecule has 4 rings (SSSR count). The fourth-order valence-corrected chi connectivity index (χ4v) is 3.32. The number of aliphatic imine (C=N–C) groups is 2. The van der Waals surface area contributed by atoms with Crippen LogP contribution in [0.2, 0.25) is 0 Å². The number of hydrogen-bond donors (Lipinski definition) is 0. The zero-order chi connectivity index (χ0) is 16.5. The van der Waals surface area contributed by atoms with E-state index in [0.717, 1.165) is 58.3 Å². The second-order valence-corrected chi connectivity index (χ2v) is 6.07. The zero-order valence-corrected chi connectivity index (χ0v) is 14.0. The van der Waals surface area contributed by atoms with E-state index in [4.69, 9.17) is 9.47 Å². The Morgan fingerprint density at radius 2 is 1.17 bits per heavy atom. The molecule has 0 aromatic heterocycles. The van der Waals surface area contributed by atoms with Gasteiger partial charge in [-0.2, -0.15) is 0 Å². The van der Waals surface area contributed by atoms with E-state index in [9.17, 15) is 0 Å². The van der Waals surface area contributed by atoms with Gasteiger partial charge < -0.3 is 9.47 Å². The van der Waals surface area contributed by atoms with Crippen LogP contribution >= 0.6 is 0 Å². The van der Waals surface area contributed by atoms with Crippen molar-refractivity contribution >= 4 is 11.8 Å². The van der Waals surface area contributed by atoms with E-state index in [1.165, 1.54) is 0 Å². The average molecular weight is 320 g/mol. The number of hydrogen-bond acceptors (Lipinski definition) is 4. The third-order valence-corrected chi connectivity index (χ3v) is 4.43. The van der Waals surface area contributed by atoms with E-state index in [-0.39, 0.29) is 0 Å². The van der Waals surface area contributed by atoms with Gasteiger partial charge >= 0.3 is 0 Å². The van der Waals surface area contributed by atoms with Gasteiger partial charge in [0.05, 0.1) is 13.1 Å². The van der Waals surface area contributed by atoms with Crippen molar-refractivity contribution in [1.82, 2.24) is 0 Å². The van der Waals surface area contributed by atoms with Crippen LogP contribution in [0.25, 0.3) is 11.1 Å². The largest absolute Gasteiger partial charge is 0.475 e. The van der Waals surface area contributed by atoms with E-state index >= 15 is 0 Å². The predicted octanol–water partition coefficient (Wildman–Crippen LogP) is 3.52. The maximum atomic E-state index is 5.77. The number of rotatable bonds is 3. The van der Waals surface area contributed by atoms with Crippen LogP contribution in [-0.2, 0) is 9.47 Å². The van der Waals surface area contributed by atoms with Gasteiger partial charge in [0.25, 0.3) is 0 Å². The van der Waals surface area contributed by atoms with Crippen molar-refractivity contribution in [2.24, 2.45) is 9.98 Å². The van der Waals surface area contributed by atoms with Gasteiger partial charge in [-0.05, 0) is 36.1 Å². The Bertz CT molecular complexity index is 781. The molecule has 0 aliphatic carbocycles. The molecule has 0 spiro atoms. The zero-order valence-electron chi connectivity index (χ0n) is 14.0. The van der Waals surface area contributed by atoms with Gasteiger partial charge in [0, 0.05) is 11.1 Å². The van der Waals surface area contributed by atoms with Crippen molar-refractivity contribution in [1.29, 1.82) is 0 Å². The third kappa shape index (κ3) is 2.48. The first-order valence-corrected chi connectivity index (χ1v) is 8.30. The summed E-state index contributed by atoms with van der Waals surface area (Å²) < 4.78 is 11.5. The topological polar surface area (TPSA) is 43.2 Å². The molecule has 0 N–H and O–H groups in total. The summed E-state index contributed by atoms with van der Waals surface area (Å²) in [4.78, 5) is 9.07. The van der Waals surface area contributed by atoms with Gasteiger partial charge in [0.1, 0.15) is 13.2 Å². The van der Waals surface area contributed by atoms with E-state index in [0.29, 0.717) is 13.2 Å². The molecule has 24 heavy (non-hydrogen) atoms. The minimum Gasteiger partial charge on any atom is -0.475 e. The van der Waals surface area contributed by atoms with Gasteiger partial charge in [-0.15, -0.1) is 0 Å². The summed E-state index contributed by atoms with van der Waals surface area (Å²) >= 11 is 0. The lowest BCUT2D eigenvalue weighted by atomic mass is 9.90. The molecule has 0 bridgehead atoms. The molecule has 2 aliphatic heterocycles. The molecule has 2 aromatic carbocycles. The molecule has 4 heteroatoms. The Morgan fingerprint density at radius 1 is 0.708 bits per heavy atom. The smallest absolute Gasteiger partial charge is 0.217 e. The van der Waals surface area contributed by atoms with Crippen molar-refractivity contribution < 1.29 is 9.47 Å². The van der Waals surface area contributed by atoms with E-state index in [2.05, 4.69) is 60.2 Å². The van der Waals surface area contributed by atoms with Crippen molar-refractivity contribution in [2.75, 3.05) is 26.3 Å². The number of aryl methyl sites for hydroxylation is 2. The highest BCUT2D eigenvalue weighted by atomic mass is 16.5. The SMILES string of the molecule is Cc1cccc(-c2cccc(C)c2C2=NCCO2)c1C1=NCCO1. The van der Waals surface area contributed by atoms with Gasteiger partial charge in [-0.25, -0.2) is 9.98 Å². The Morgan fingerprint density at radius 3 is 1.54 bits per heavy atom. The van der Waals surface area contributed by atoms with Crippen molar-refractivity contribution in [3.05, 3.63) is 58.7 Å². The van der Waals surface area contributed by atoms with Crippen LogP contribution in [0.5, 0.6) is 0 Å². The fourth-order valence-electron chi connectivity index (χ4n) is 3.32. The highest BCUT2D eigenvalue weighted by Crippen LogP contribution is 2.33. The number of benzene rings is 2. The molecular weight excluding hydrogens is 300 g/mol. The van der Waals surface area contributed by atoms with Gasteiger partial charge in [-0.3, -0.25) is 0 Å². The summed E-state index contributed by atoms with van der Waals surface area (Å²) in [5.41, 5.74) is 6.70. The van der Waals surface area contributed by atoms with E-state index in [1.54, 1.807) is 0 Å². The molecular formula is C20H20N2O2. The van der Waals surface area contributed by atoms with Crippen molar-refractivity contribution in [2.45, 2.75) is 13.8 Å². The van der Waals surface area contributed by atoms with Crippen molar-refractivity contribution in [3.63, 3.8) is 0 Å². The first kappa shape index (κ1) is 14.9.